The number of nitrogens with one attached hydrogen (secondary N) is 1. The van der Waals surface area contributed by atoms with Gasteiger partial charge >= 0.3 is 0 Å². The van der Waals surface area contributed by atoms with Gasteiger partial charge in [0.1, 0.15) is 5.76 Å². The minimum absolute atomic E-state index is 0.624. The van der Waals surface area contributed by atoms with E-state index in [1.54, 1.807) is 0 Å². The summed E-state index contributed by atoms with van der Waals surface area (Å²) in [5, 5.41) is 2.96. The summed E-state index contributed by atoms with van der Waals surface area (Å²) in [5.41, 5.74) is 0.720. The van der Waals surface area contributed by atoms with E-state index in [2.05, 4.69) is 36.7 Å². The Bertz CT molecular complexity index is 315. The van der Waals surface area contributed by atoms with Crippen molar-refractivity contribution in [2.75, 3.05) is 20.2 Å². The van der Waals surface area contributed by atoms with Gasteiger partial charge in [0.2, 0.25) is 0 Å². The molecule has 2 heteroatoms. The lowest BCUT2D eigenvalue weighted by atomic mass is 10.2. The second-order valence-corrected chi connectivity index (χ2v) is 3.11. The molecule has 0 aliphatic rings. The summed E-state index contributed by atoms with van der Waals surface area (Å²) in [6.45, 7) is 9.21. The first-order valence-corrected chi connectivity index (χ1v) is 5.58. The zero-order chi connectivity index (χ0) is 12.2. The highest BCUT2D eigenvalue weighted by Gasteiger charge is 1.98. The summed E-state index contributed by atoms with van der Waals surface area (Å²) in [7, 11) is 1.86. The number of allylic oxidation sites excluding steroid dienone is 4. The molecule has 0 bridgehead atoms. The minimum Gasteiger partial charge on any atom is -0.493 e. The minimum atomic E-state index is 0.624. The molecule has 0 amide bonds. The van der Waals surface area contributed by atoms with Crippen molar-refractivity contribution in [1.29, 1.82) is 0 Å². The third-order valence-electron chi connectivity index (χ3n) is 1.72. The highest BCUT2D eigenvalue weighted by Crippen LogP contribution is 2.08. The maximum absolute atomic E-state index is 5.47. The summed E-state index contributed by atoms with van der Waals surface area (Å²) >= 11 is 0. The molecule has 0 aromatic carbocycles. The summed E-state index contributed by atoms with van der Waals surface area (Å²) in [5.74, 6) is 6.67. The summed E-state index contributed by atoms with van der Waals surface area (Å²) in [6, 6.07) is 0. The van der Waals surface area contributed by atoms with E-state index in [-0.39, 0.29) is 0 Å². The second kappa shape index (κ2) is 10.1. The first-order chi connectivity index (χ1) is 7.76. The van der Waals surface area contributed by atoms with Crippen LogP contribution >= 0.6 is 0 Å². The van der Waals surface area contributed by atoms with E-state index in [4.69, 9.17) is 4.74 Å². The van der Waals surface area contributed by atoms with E-state index in [9.17, 15) is 0 Å². The Balaban J connectivity index is 4.53. The van der Waals surface area contributed by atoms with Crippen LogP contribution in [0.5, 0.6) is 0 Å². The maximum atomic E-state index is 5.47. The smallest absolute Gasteiger partial charge is 0.134 e. The molecule has 1 N–H and O–H groups in total. The van der Waals surface area contributed by atoms with Crippen LogP contribution in [-0.2, 0) is 4.74 Å². The predicted molar refractivity (Wildman–Crippen MR) is 70.0 cm³/mol. The molecule has 0 rings (SSSR count). The fourth-order valence-corrected chi connectivity index (χ4v) is 0.984. The lowest BCUT2D eigenvalue weighted by Crippen LogP contribution is -2.04. The van der Waals surface area contributed by atoms with Gasteiger partial charge in [0, 0.05) is 0 Å². The molecule has 0 aliphatic heterocycles. The Morgan fingerprint density at radius 1 is 1.44 bits per heavy atom. The monoisotopic (exact) mass is 219 g/mol. The first-order valence-electron chi connectivity index (χ1n) is 5.58. The third-order valence-corrected chi connectivity index (χ3v) is 1.72. The molecule has 88 valence electrons. The van der Waals surface area contributed by atoms with Gasteiger partial charge in [-0.3, -0.25) is 0 Å². The SMILES string of the molecule is C=C(C#CCNC)/C(=C\C=C/CC)OCC. The fraction of sp³-hybridized carbons (Fsp3) is 0.429. The molecule has 0 heterocycles. The van der Waals surface area contributed by atoms with E-state index in [0.717, 1.165) is 17.8 Å². The molecule has 0 radical (unpaired) electrons. The van der Waals surface area contributed by atoms with Gasteiger partial charge < -0.3 is 10.1 Å². The van der Waals surface area contributed by atoms with Gasteiger partial charge in [0.25, 0.3) is 0 Å². The van der Waals surface area contributed by atoms with E-state index >= 15 is 0 Å². The zero-order valence-electron chi connectivity index (χ0n) is 10.5. The first kappa shape index (κ1) is 14.5. The number of ether oxygens (including phenoxy) is 1. The Hall–Kier alpha value is -1.46. The van der Waals surface area contributed by atoms with Crippen molar-refractivity contribution in [3.8, 4) is 11.8 Å². The molecular weight excluding hydrogens is 198 g/mol. The quantitative estimate of drug-likeness (QED) is 0.421. The molecule has 0 unspecified atom stereocenters. The molecule has 0 aromatic rings. The molecule has 0 aromatic heterocycles. The van der Waals surface area contributed by atoms with E-state index < -0.39 is 0 Å². The van der Waals surface area contributed by atoms with Crippen LogP contribution in [0.4, 0.5) is 0 Å². The Kier molecular flexibility index (Phi) is 9.15. The number of rotatable bonds is 6. The van der Waals surface area contributed by atoms with Crippen molar-refractivity contribution >= 4 is 0 Å². The largest absolute Gasteiger partial charge is 0.493 e. The normalized spacial score (nSPS) is 11.1. The highest BCUT2D eigenvalue weighted by molar-refractivity contribution is 5.41. The Labute approximate surface area is 99.1 Å². The molecule has 0 saturated heterocycles. The van der Waals surface area contributed by atoms with Crippen molar-refractivity contribution in [2.45, 2.75) is 20.3 Å². The molecular formula is C14H21NO. The van der Waals surface area contributed by atoms with Gasteiger partial charge in [-0.1, -0.05) is 37.5 Å². The van der Waals surface area contributed by atoms with Gasteiger partial charge in [0.05, 0.1) is 18.7 Å². The standard InChI is InChI=1S/C14H21NO/c1-5-7-8-11-14(16-6-2)13(3)10-9-12-15-4/h7-8,11,15H,3,5-6,12H2,1-2,4H3/b8-7-,14-11+. The third kappa shape index (κ3) is 6.92. The van der Waals surface area contributed by atoms with E-state index in [1.165, 1.54) is 0 Å². The van der Waals surface area contributed by atoms with Crippen molar-refractivity contribution in [3.63, 3.8) is 0 Å². The van der Waals surface area contributed by atoms with Gasteiger partial charge in [-0.05, 0) is 26.5 Å². The zero-order valence-corrected chi connectivity index (χ0v) is 10.5. The van der Waals surface area contributed by atoms with Gasteiger partial charge in [-0.2, -0.15) is 0 Å². The molecule has 0 atom stereocenters. The average molecular weight is 219 g/mol. The second-order valence-electron chi connectivity index (χ2n) is 3.11. The Morgan fingerprint density at radius 2 is 2.19 bits per heavy atom. The van der Waals surface area contributed by atoms with E-state index in [0.29, 0.717) is 13.2 Å². The van der Waals surface area contributed by atoms with Crippen LogP contribution in [0.25, 0.3) is 0 Å². The molecule has 16 heavy (non-hydrogen) atoms. The molecule has 0 saturated carbocycles. The summed E-state index contributed by atoms with van der Waals surface area (Å²) in [6.07, 6.45) is 6.94. The van der Waals surface area contributed by atoms with E-state index in [1.807, 2.05) is 26.1 Å². The Morgan fingerprint density at radius 3 is 2.75 bits per heavy atom. The summed E-state index contributed by atoms with van der Waals surface area (Å²) < 4.78 is 5.47. The summed E-state index contributed by atoms with van der Waals surface area (Å²) in [4.78, 5) is 0. The van der Waals surface area contributed by atoms with Crippen LogP contribution in [0.15, 0.2) is 36.1 Å². The fourth-order valence-electron chi connectivity index (χ4n) is 0.984. The van der Waals surface area contributed by atoms with Crippen LogP contribution < -0.4 is 5.32 Å². The number of hydrogen-bond donors (Lipinski definition) is 1. The van der Waals surface area contributed by atoms with Crippen molar-refractivity contribution in [2.24, 2.45) is 0 Å². The lowest BCUT2D eigenvalue weighted by Gasteiger charge is -2.05. The molecule has 2 nitrogen and oxygen atoms in total. The molecule has 0 fully saturated rings. The maximum Gasteiger partial charge on any atom is 0.134 e. The van der Waals surface area contributed by atoms with Crippen LogP contribution in [0.3, 0.4) is 0 Å². The molecule has 0 aliphatic carbocycles. The van der Waals surface area contributed by atoms with Crippen LogP contribution in [0.2, 0.25) is 0 Å². The highest BCUT2D eigenvalue weighted by atomic mass is 16.5. The lowest BCUT2D eigenvalue weighted by molar-refractivity contribution is 0.240. The van der Waals surface area contributed by atoms with Crippen molar-refractivity contribution < 1.29 is 4.74 Å². The molecule has 0 spiro atoms. The van der Waals surface area contributed by atoms with Crippen molar-refractivity contribution in [3.05, 3.63) is 36.1 Å². The van der Waals surface area contributed by atoms with Crippen molar-refractivity contribution in [1.82, 2.24) is 5.32 Å². The van der Waals surface area contributed by atoms with Gasteiger partial charge in [-0.25, -0.2) is 0 Å². The topological polar surface area (TPSA) is 21.3 Å². The average Bonchev–Trinajstić information content (AvgIpc) is 2.28. The van der Waals surface area contributed by atoms with Crippen LogP contribution in [0.1, 0.15) is 20.3 Å². The number of hydrogen-bond acceptors (Lipinski definition) is 2. The van der Waals surface area contributed by atoms with Gasteiger partial charge in [0.15, 0.2) is 0 Å². The predicted octanol–water partition coefficient (Wildman–Crippen LogP) is 2.65. The van der Waals surface area contributed by atoms with Crippen LogP contribution in [-0.4, -0.2) is 20.2 Å². The van der Waals surface area contributed by atoms with Gasteiger partial charge in [-0.15, -0.1) is 0 Å². The van der Waals surface area contributed by atoms with Crippen LogP contribution in [0, 0.1) is 11.8 Å².